The second kappa shape index (κ2) is 6.70. The van der Waals surface area contributed by atoms with Gasteiger partial charge in [-0.2, -0.15) is 0 Å². The van der Waals surface area contributed by atoms with Crippen molar-refractivity contribution in [2.24, 2.45) is 5.92 Å². The van der Waals surface area contributed by atoms with Crippen molar-refractivity contribution in [2.45, 2.75) is 44.6 Å². The van der Waals surface area contributed by atoms with E-state index in [1.54, 1.807) is 19.1 Å². The summed E-state index contributed by atoms with van der Waals surface area (Å²) in [5, 5.41) is 13.3. The number of nitrogen functional groups attached to an aromatic ring is 1. The normalized spacial score (nSPS) is 17.8. The number of nitrogens with one attached hydrogen (secondary N) is 1. The van der Waals surface area contributed by atoms with Gasteiger partial charge in [-0.25, -0.2) is 9.78 Å². The first kappa shape index (κ1) is 17.2. The van der Waals surface area contributed by atoms with Crippen molar-refractivity contribution in [1.29, 1.82) is 0 Å². The Morgan fingerprint density at radius 1 is 1.24 bits per heavy atom. The van der Waals surface area contributed by atoms with E-state index < -0.39 is 17.4 Å². The fraction of sp³-hybridized carbons (Fsp3) is 0.421. The number of nitrogens with two attached hydrogens (primary N) is 1. The predicted octanol–water partition coefficient (Wildman–Crippen LogP) is 2.97. The molecule has 1 atom stereocenters. The molecule has 1 fully saturated rings. The zero-order valence-corrected chi connectivity index (χ0v) is 14.3. The van der Waals surface area contributed by atoms with Crippen molar-refractivity contribution in [3.05, 3.63) is 36.0 Å². The highest BCUT2D eigenvalue weighted by atomic mass is 16.4. The number of pyridine rings is 1. The van der Waals surface area contributed by atoms with Gasteiger partial charge in [0, 0.05) is 5.39 Å². The van der Waals surface area contributed by atoms with E-state index >= 15 is 0 Å². The van der Waals surface area contributed by atoms with E-state index in [1.807, 2.05) is 18.2 Å². The first-order valence-corrected chi connectivity index (χ1v) is 8.63. The first-order valence-electron chi connectivity index (χ1n) is 8.63. The monoisotopic (exact) mass is 341 g/mol. The molecule has 1 aliphatic carbocycles. The molecular formula is C19H23N3O3. The number of rotatable bonds is 4. The van der Waals surface area contributed by atoms with Crippen LogP contribution in [0.3, 0.4) is 0 Å². The number of carboxylic acid groups (broad SMARTS) is 1. The van der Waals surface area contributed by atoms with Crippen molar-refractivity contribution in [3.8, 4) is 0 Å². The Morgan fingerprint density at radius 2 is 1.92 bits per heavy atom. The van der Waals surface area contributed by atoms with Crippen molar-refractivity contribution < 1.29 is 14.7 Å². The molecule has 3 rings (SSSR count). The third-order valence-corrected chi connectivity index (χ3v) is 5.21. The Bertz CT molecular complexity index is 815. The average molecular weight is 341 g/mol. The van der Waals surface area contributed by atoms with Gasteiger partial charge < -0.3 is 16.2 Å². The maximum atomic E-state index is 12.8. The number of para-hydroxylation sites is 1. The van der Waals surface area contributed by atoms with E-state index in [9.17, 15) is 14.7 Å². The van der Waals surface area contributed by atoms with E-state index in [1.165, 1.54) is 0 Å². The average Bonchev–Trinajstić information content (AvgIpc) is 2.61. The van der Waals surface area contributed by atoms with Crippen LogP contribution in [0.25, 0.3) is 10.9 Å². The number of amides is 1. The van der Waals surface area contributed by atoms with Gasteiger partial charge in [0.25, 0.3) is 5.91 Å². The standard InChI is InChI=1S/C19H23N3O3/c1-19(18(24)25,13-8-3-2-4-9-13)22-17(23)16-14(20)11-12-7-5-6-10-15(12)21-16/h5-7,10-11,13H,2-4,8-9,20H2,1H3,(H,22,23)(H,24,25)/t19-/m0/s1. The maximum absolute atomic E-state index is 12.8. The summed E-state index contributed by atoms with van der Waals surface area (Å²) >= 11 is 0. The first-order chi connectivity index (χ1) is 11.9. The van der Waals surface area contributed by atoms with Gasteiger partial charge >= 0.3 is 5.97 Å². The number of hydrogen-bond acceptors (Lipinski definition) is 4. The summed E-state index contributed by atoms with van der Waals surface area (Å²) in [5.41, 5.74) is 5.63. The number of carbonyl (C=O) groups excluding carboxylic acids is 1. The van der Waals surface area contributed by atoms with Gasteiger partial charge in [0.2, 0.25) is 0 Å². The van der Waals surface area contributed by atoms with Gasteiger partial charge in [-0.3, -0.25) is 4.79 Å². The van der Waals surface area contributed by atoms with Crippen LogP contribution in [-0.2, 0) is 4.79 Å². The van der Waals surface area contributed by atoms with Crippen LogP contribution in [0.15, 0.2) is 30.3 Å². The minimum Gasteiger partial charge on any atom is -0.480 e. The lowest BCUT2D eigenvalue weighted by atomic mass is 9.75. The molecule has 0 aliphatic heterocycles. The van der Waals surface area contributed by atoms with Crippen LogP contribution in [0.5, 0.6) is 0 Å². The highest BCUT2D eigenvalue weighted by molar-refractivity contribution is 6.02. The van der Waals surface area contributed by atoms with E-state index in [4.69, 9.17) is 5.73 Å². The Morgan fingerprint density at radius 3 is 2.60 bits per heavy atom. The third-order valence-electron chi connectivity index (χ3n) is 5.21. The van der Waals surface area contributed by atoms with Crippen LogP contribution in [-0.4, -0.2) is 27.5 Å². The number of fused-ring (bicyclic) bond motifs is 1. The van der Waals surface area contributed by atoms with Crippen LogP contribution >= 0.6 is 0 Å². The molecule has 132 valence electrons. The minimum atomic E-state index is -1.32. The van der Waals surface area contributed by atoms with Crippen LogP contribution in [0.4, 0.5) is 5.69 Å². The Kier molecular flexibility index (Phi) is 4.61. The number of aromatic nitrogens is 1. The molecule has 1 aromatic carbocycles. The van der Waals surface area contributed by atoms with Crippen molar-refractivity contribution in [2.75, 3.05) is 5.73 Å². The molecule has 0 radical (unpaired) electrons. The highest BCUT2D eigenvalue weighted by Crippen LogP contribution is 2.33. The number of carboxylic acids is 1. The molecule has 6 heteroatoms. The Hall–Kier alpha value is -2.63. The molecule has 1 amide bonds. The van der Waals surface area contributed by atoms with Gasteiger partial charge in [0.05, 0.1) is 11.2 Å². The third kappa shape index (κ3) is 3.29. The Balaban J connectivity index is 1.91. The van der Waals surface area contributed by atoms with E-state index in [0.29, 0.717) is 5.52 Å². The molecule has 1 aromatic heterocycles. The van der Waals surface area contributed by atoms with Gasteiger partial charge in [0.1, 0.15) is 5.54 Å². The SMILES string of the molecule is C[C@@](NC(=O)c1nc2ccccc2cc1N)(C(=O)O)C1CCCCC1. The van der Waals surface area contributed by atoms with Crippen molar-refractivity contribution in [1.82, 2.24) is 10.3 Å². The predicted molar refractivity (Wildman–Crippen MR) is 96.2 cm³/mol. The molecule has 1 heterocycles. The zero-order valence-electron chi connectivity index (χ0n) is 14.3. The number of hydrogen-bond donors (Lipinski definition) is 3. The molecule has 25 heavy (non-hydrogen) atoms. The van der Waals surface area contributed by atoms with E-state index in [-0.39, 0.29) is 17.3 Å². The quantitative estimate of drug-likeness (QED) is 0.793. The summed E-state index contributed by atoms with van der Waals surface area (Å²) < 4.78 is 0. The van der Waals surface area contributed by atoms with Gasteiger partial charge in [0.15, 0.2) is 5.69 Å². The molecule has 4 N–H and O–H groups in total. The van der Waals surface area contributed by atoms with Crippen LogP contribution < -0.4 is 11.1 Å². The fourth-order valence-electron chi connectivity index (χ4n) is 3.62. The summed E-state index contributed by atoms with van der Waals surface area (Å²) in [6.07, 6.45) is 4.67. The number of aliphatic carboxylic acids is 1. The molecular weight excluding hydrogens is 318 g/mol. The summed E-state index contributed by atoms with van der Waals surface area (Å²) in [5.74, 6) is -1.66. The van der Waals surface area contributed by atoms with E-state index in [0.717, 1.165) is 37.5 Å². The lowest BCUT2D eigenvalue weighted by Gasteiger charge is -2.37. The van der Waals surface area contributed by atoms with Crippen LogP contribution in [0.2, 0.25) is 0 Å². The number of benzene rings is 1. The van der Waals surface area contributed by atoms with Crippen molar-refractivity contribution in [3.63, 3.8) is 0 Å². The van der Waals surface area contributed by atoms with Crippen molar-refractivity contribution >= 4 is 28.5 Å². The van der Waals surface area contributed by atoms with Crippen LogP contribution in [0, 0.1) is 5.92 Å². The number of anilines is 1. The minimum absolute atomic E-state index is 0.0713. The summed E-state index contributed by atoms with van der Waals surface area (Å²) in [6, 6.07) is 9.05. The largest absolute Gasteiger partial charge is 0.480 e. The summed E-state index contributed by atoms with van der Waals surface area (Å²) in [7, 11) is 0. The lowest BCUT2D eigenvalue weighted by Crippen LogP contribution is -2.57. The second-order valence-corrected chi connectivity index (χ2v) is 6.92. The second-order valence-electron chi connectivity index (χ2n) is 6.92. The fourth-order valence-corrected chi connectivity index (χ4v) is 3.62. The molecule has 0 unspecified atom stereocenters. The van der Waals surface area contributed by atoms with Gasteiger partial charge in [-0.15, -0.1) is 0 Å². The molecule has 1 saturated carbocycles. The topological polar surface area (TPSA) is 105 Å². The lowest BCUT2D eigenvalue weighted by molar-refractivity contribution is -0.146. The summed E-state index contributed by atoms with van der Waals surface area (Å²) in [4.78, 5) is 29.0. The molecule has 2 aromatic rings. The molecule has 0 saturated heterocycles. The molecule has 0 bridgehead atoms. The number of carbonyl (C=O) groups is 2. The molecule has 1 aliphatic rings. The van der Waals surface area contributed by atoms with Gasteiger partial charge in [-0.1, -0.05) is 37.5 Å². The molecule has 6 nitrogen and oxygen atoms in total. The Labute approximate surface area is 146 Å². The summed E-state index contributed by atoms with van der Waals surface area (Å²) in [6.45, 7) is 1.58. The smallest absolute Gasteiger partial charge is 0.329 e. The van der Waals surface area contributed by atoms with Gasteiger partial charge in [-0.05, 0) is 37.8 Å². The number of nitrogens with zero attached hydrogens (tertiary/aromatic N) is 1. The zero-order chi connectivity index (χ0) is 18.0. The molecule has 0 spiro atoms. The van der Waals surface area contributed by atoms with E-state index in [2.05, 4.69) is 10.3 Å². The van der Waals surface area contributed by atoms with Crippen LogP contribution in [0.1, 0.15) is 49.5 Å². The maximum Gasteiger partial charge on any atom is 0.329 e. The highest BCUT2D eigenvalue weighted by Gasteiger charge is 2.43.